The Bertz CT molecular complexity index is 454. The fraction of sp³-hybridized carbons (Fsp3) is 0.692. The summed E-state index contributed by atoms with van der Waals surface area (Å²) in [6.07, 6.45) is 2.07. The van der Waals surface area contributed by atoms with Gasteiger partial charge in [0.25, 0.3) is 5.56 Å². The largest absolute Gasteiger partial charge is 0.296 e. The highest BCUT2D eigenvalue weighted by atomic mass is 16.1. The molecule has 1 aliphatic heterocycles. The Morgan fingerprint density at radius 2 is 2.12 bits per heavy atom. The maximum absolute atomic E-state index is 12.0. The first-order chi connectivity index (χ1) is 7.38. The molecule has 0 saturated heterocycles. The van der Waals surface area contributed by atoms with Gasteiger partial charge < -0.3 is 0 Å². The standard InChI is InChI=1S/C13H20N2O/c1-9-5-6-11-14-10(13(2,3)4)7-12(16)15(11)8-9/h7,9H,5-6,8H2,1-4H3/t9-/m1/s1. The van der Waals surface area contributed by atoms with Gasteiger partial charge in [0, 0.05) is 24.4 Å². The predicted molar refractivity (Wildman–Crippen MR) is 64.7 cm³/mol. The van der Waals surface area contributed by atoms with Crippen molar-refractivity contribution >= 4 is 0 Å². The highest BCUT2D eigenvalue weighted by Crippen LogP contribution is 2.21. The Kier molecular flexibility index (Phi) is 2.64. The van der Waals surface area contributed by atoms with Gasteiger partial charge in [0.15, 0.2) is 0 Å². The number of rotatable bonds is 0. The molecule has 3 nitrogen and oxygen atoms in total. The second-order valence-electron chi connectivity index (χ2n) is 5.90. The Labute approximate surface area is 96.5 Å². The molecule has 1 aromatic rings. The Hall–Kier alpha value is -1.12. The zero-order chi connectivity index (χ0) is 11.9. The van der Waals surface area contributed by atoms with E-state index < -0.39 is 0 Å². The minimum absolute atomic E-state index is 0.0438. The summed E-state index contributed by atoms with van der Waals surface area (Å²) in [6, 6.07) is 1.70. The van der Waals surface area contributed by atoms with Crippen molar-refractivity contribution in [2.45, 2.75) is 52.5 Å². The second kappa shape index (κ2) is 3.72. The van der Waals surface area contributed by atoms with Crippen LogP contribution in [0.15, 0.2) is 10.9 Å². The summed E-state index contributed by atoms with van der Waals surface area (Å²) in [5, 5.41) is 0. The molecule has 88 valence electrons. The summed E-state index contributed by atoms with van der Waals surface area (Å²) < 4.78 is 1.84. The molecule has 3 heteroatoms. The van der Waals surface area contributed by atoms with Crippen LogP contribution in [-0.4, -0.2) is 9.55 Å². The van der Waals surface area contributed by atoms with Crippen molar-refractivity contribution in [3.63, 3.8) is 0 Å². The van der Waals surface area contributed by atoms with Crippen LogP contribution in [0, 0.1) is 5.92 Å². The van der Waals surface area contributed by atoms with E-state index in [-0.39, 0.29) is 11.0 Å². The lowest BCUT2D eigenvalue weighted by atomic mass is 9.91. The maximum Gasteiger partial charge on any atom is 0.253 e. The molecule has 2 rings (SSSR count). The maximum atomic E-state index is 12.0. The highest BCUT2D eigenvalue weighted by molar-refractivity contribution is 5.14. The number of hydrogen-bond donors (Lipinski definition) is 0. The van der Waals surface area contributed by atoms with E-state index in [2.05, 4.69) is 32.7 Å². The molecule has 0 N–H and O–H groups in total. The number of aryl methyl sites for hydroxylation is 1. The minimum atomic E-state index is -0.0438. The monoisotopic (exact) mass is 220 g/mol. The average Bonchev–Trinajstić information content (AvgIpc) is 2.17. The molecule has 0 aromatic carbocycles. The van der Waals surface area contributed by atoms with Crippen molar-refractivity contribution in [2.24, 2.45) is 5.92 Å². The predicted octanol–water partition coefficient (Wildman–Crippen LogP) is 2.12. The molecule has 0 radical (unpaired) electrons. The highest BCUT2D eigenvalue weighted by Gasteiger charge is 2.22. The van der Waals surface area contributed by atoms with Gasteiger partial charge in [-0.3, -0.25) is 9.36 Å². The van der Waals surface area contributed by atoms with E-state index in [0.717, 1.165) is 30.9 Å². The van der Waals surface area contributed by atoms with Crippen LogP contribution in [0.1, 0.15) is 45.6 Å². The lowest BCUT2D eigenvalue weighted by Gasteiger charge is -2.25. The fourth-order valence-electron chi connectivity index (χ4n) is 2.10. The van der Waals surface area contributed by atoms with Crippen LogP contribution in [0.2, 0.25) is 0 Å². The van der Waals surface area contributed by atoms with Crippen molar-refractivity contribution in [1.82, 2.24) is 9.55 Å². The lowest BCUT2D eigenvalue weighted by molar-refractivity contribution is 0.374. The van der Waals surface area contributed by atoms with Crippen LogP contribution >= 0.6 is 0 Å². The quantitative estimate of drug-likeness (QED) is 0.671. The van der Waals surface area contributed by atoms with E-state index in [9.17, 15) is 4.79 Å². The molecule has 1 aromatic heterocycles. The van der Waals surface area contributed by atoms with E-state index in [1.165, 1.54) is 0 Å². The van der Waals surface area contributed by atoms with Crippen molar-refractivity contribution in [3.05, 3.63) is 27.9 Å². The normalized spacial score (nSPS) is 20.6. The summed E-state index contributed by atoms with van der Waals surface area (Å²) in [7, 11) is 0. The van der Waals surface area contributed by atoms with E-state index in [4.69, 9.17) is 0 Å². The Balaban J connectivity index is 2.51. The van der Waals surface area contributed by atoms with Crippen LogP contribution in [0.3, 0.4) is 0 Å². The van der Waals surface area contributed by atoms with Crippen molar-refractivity contribution < 1.29 is 0 Å². The van der Waals surface area contributed by atoms with Gasteiger partial charge in [0.05, 0.1) is 5.69 Å². The molecular formula is C13H20N2O. The number of nitrogens with zero attached hydrogens (tertiary/aromatic N) is 2. The van der Waals surface area contributed by atoms with Crippen LogP contribution in [0.25, 0.3) is 0 Å². The third kappa shape index (κ3) is 2.04. The molecule has 0 bridgehead atoms. The fourth-order valence-corrected chi connectivity index (χ4v) is 2.10. The number of hydrogen-bond acceptors (Lipinski definition) is 2. The van der Waals surface area contributed by atoms with Gasteiger partial charge >= 0.3 is 0 Å². The average molecular weight is 220 g/mol. The second-order valence-corrected chi connectivity index (χ2v) is 5.90. The smallest absolute Gasteiger partial charge is 0.253 e. The first-order valence-corrected chi connectivity index (χ1v) is 5.99. The number of aromatic nitrogens is 2. The van der Waals surface area contributed by atoms with Gasteiger partial charge in [-0.1, -0.05) is 27.7 Å². The Morgan fingerprint density at radius 3 is 2.75 bits per heavy atom. The van der Waals surface area contributed by atoms with Crippen molar-refractivity contribution in [2.75, 3.05) is 0 Å². The van der Waals surface area contributed by atoms with Gasteiger partial charge in [0.2, 0.25) is 0 Å². The van der Waals surface area contributed by atoms with Gasteiger partial charge in [-0.05, 0) is 12.3 Å². The van der Waals surface area contributed by atoms with Crippen LogP contribution < -0.4 is 5.56 Å². The molecule has 0 unspecified atom stereocenters. The molecule has 0 aliphatic carbocycles. The third-order valence-electron chi connectivity index (χ3n) is 3.21. The zero-order valence-corrected chi connectivity index (χ0v) is 10.6. The van der Waals surface area contributed by atoms with Crippen LogP contribution in [0.5, 0.6) is 0 Å². The lowest BCUT2D eigenvalue weighted by Crippen LogP contribution is -2.33. The van der Waals surface area contributed by atoms with E-state index in [1.807, 2.05) is 4.57 Å². The topological polar surface area (TPSA) is 34.9 Å². The molecule has 1 atom stereocenters. The SMILES string of the molecule is C[C@@H]1CCc2nc(C(C)(C)C)cc(=O)n2C1. The van der Waals surface area contributed by atoms with Crippen LogP contribution in [-0.2, 0) is 18.4 Å². The Morgan fingerprint density at radius 1 is 1.44 bits per heavy atom. The van der Waals surface area contributed by atoms with Crippen molar-refractivity contribution in [1.29, 1.82) is 0 Å². The summed E-state index contributed by atoms with van der Waals surface area (Å²) in [6.45, 7) is 9.30. The first kappa shape index (κ1) is 11.4. The summed E-state index contributed by atoms with van der Waals surface area (Å²) in [5.41, 5.74) is 0.984. The molecular weight excluding hydrogens is 200 g/mol. The molecule has 1 aliphatic rings. The summed E-state index contributed by atoms with van der Waals surface area (Å²) >= 11 is 0. The van der Waals surface area contributed by atoms with Gasteiger partial charge in [0.1, 0.15) is 5.82 Å². The van der Waals surface area contributed by atoms with Gasteiger partial charge in [-0.2, -0.15) is 0 Å². The molecule has 0 fully saturated rings. The molecule has 0 spiro atoms. The minimum Gasteiger partial charge on any atom is -0.296 e. The summed E-state index contributed by atoms with van der Waals surface area (Å²) in [4.78, 5) is 16.6. The molecule has 0 saturated carbocycles. The van der Waals surface area contributed by atoms with Crippen molar-refractivity contribution in [3.8, 4) is 0 Å². The molecule has 0 amide bonds. The molecule has 2 heterocycles. The van der Waals surface area contributed by atoms with E-state index in [0.29, 0.717) is 5.92 Å². The zero-order valence-electron chi connectivity index (χ0n) is 10.6. The van der Waals surface area contributed by atoms with Gasteiger partial charge in [-0.25, -0.2) is 4.98 Å². The van der Waals surface area contributed by atoms with Gasteiger partial charge in [-0.15, -0.1) is 0 Å². The first-order valence-electron chi connectivity index (χ1n) is 5.99. The third-order valence-corrected chi connectivity index (χ3v) is 3.21. The van der Waals surface area contributed by atoms with Crippen LogP contribution in [0.4, 0.5) is 0 Å². The van der Waals surface area contributed by atoms with E-state index >= 15 is 0 Å². The summed E-state index contributed by atoms with van der Waals surface area (Å²) in [5.74, 6) is 1.56. The molecule has 16 heavy (non-hydrogen) atoms. The van der Waals surface area contributed by atoms with E-state index in [1.54, 1.807) is 6.07 Å². The number of fused-ring (bicyclic) bond motifs is 1.